The van der Waals surface area contributed by atoms with E-state index in [0.717, 1.165) is 22.1 Å². The van der Waals surface area contributed by atoms with Crippen LogP contribution in [0.15, 0.2) is 60.7 Å². The Hall–Kier alpha value is -3.09. The Morgan fingerprint density at radius 1 is 1.00 bits per heavy atom. The minimum atomic E-state index is -0.952. The maximum absolute atomic E-state index is 10.9. The first-order chi connectivity index (χ1) is 14.4. The van der Waals surface area contributed by atoms with Crippen LogP contribution in [0.25, 0.3) is 10.8 Å². The van der Waals surface area contributed by atoms with Crippen LogP contribution in [0, 0.1) is 0 Å². The fourth-order valence-corrected chi connectivity index (χ4v) is 3.35. The molecular formula is C24H24O6. The monoisotopic (exact) mass is 408 g/mol. The minimum absolute atomic E-state index is 0.0696. The van der Waals surface area contributed by atoms with Crippen LogP contribution < -0.4 is 9.47 Å². The quantitative estimate of drug-likeness (QED) is 0.614. The molecule has 1 aliphatic heterocycles. The van der Waals surface area contributed by atoms with Gasteiger partial charge in [-0.15, -0.1) is 0 Å². The average Bonchev–Trinajstić information content (AvgIpc) is 3.09. The standard InChI is InChI=1S/C24H24O6/c1-24(2)29-15-22(30-24)14-28-21-10-7-18-11-16(3-4-19(18)12-21)13-27-20-8-5-17(6-9-20)23(25)26/h3-12,22H,13-15H2,1-2H3,(H,25,26)/t22-/m1/s1. The molecule has 156 valence electrons. The van der Waals surface area contributed by atoms with Crippen molar-refractivity contribution in [2.45, 2.75) is 32.3 Å². The Kier molecular flexibility index (Phi) is 5.61. The molecule has 1 aliphatic rings. The summed E-state index contributed by atoms with van der Waals surface area (Å²) in [6.07, 6.45) is -0.0696. The number of benzene rings is 3. The van der Waals surface area contributed by atoms with Crippen molar-refractivity contribution in [3.8, 4) is 11.5 Å². The van der Waals surface area contributed by atoms with Gasteiger partial charge in [-0.25, -0.2) is 4.79 Å². The summed E-state index contributed by atoms with van der Waals surface area (Å²) in [5.74, 6) is -0.0791. The van der Waals surface area contributed by atoms with Crippen molar-refractivity contribution >= 4 is 16.7 Å². The number of hydrogen-bond acceptors (Lipinski definition) is 5. The summed E-state index contributed by atoms with van der Waals surface area (Å²) in [5.41, 5.74) is 1.26. The highest BCUT2D eigenvalue weighted by molar-refractivity contribution is 5.87. The van der Waals surface area contributed by atoms with Gasteiger partial charge in [-0.1, -0.05) is 18.2 Å². The molecule has 3 aromatic carbocycles. The van der Waals surface area contributed by atoms with Gasteiger partial charge in [0.05, 0.1) is 12.2 Å². The van der Waals surface area contributed by atoms with E-state index < -0.39 is 11.8 Å². The fraction of sp³-hybridized carbons (Fsp3) is 0.292. The Labute approximate surface area is 174 Å². The Morgan fingerprint density at radius 2 is 1.70 bits per heavy atom. The van der Waals surface area contributed by atoms with Crippen LogP contribution in [0.3, 0.4) is 0 Å². The van der Waals surface area contributed by atoms with Gasteiger partial charge in [0, 0.05) is 0 Å². The maximum atomic E-state index is 10.9. The highest BCUT2D eigenvalue weighted by atomic mass is 16.7. The molecule has 0 saturated carbocycles. The number of carboxylic acid groups (broad SMARTS) is 1. The van der Waals surface area contributed by atoms with Crippen LogP contribution in [0.4, 0.5) is 0 Å². The molecule has 0 aliphatic carbocycles. The first-order valence-electron chi connectivity index (χ1n) is 9.81. The molecule has 0 radical (unpaired) electrons. The van der Waals surface area contributed by atoms with Crippen molar-refractivity contribution in [1.82, 2.24) is 0 Å². The minimum Gasteiger partial charge on any atom is -0.491 e. The van der Waals surface area contributed by atoms with Crippen LogP contribution in [0.2, 0.25) is 0 Å². The largest absolute Gasteiger partial charge is 0.491 e. The van der Waals surface area contributed by atoms with Crippen molar-refractivity contribution < 1.29 is 28.8 Å². The van der Waals surface area contributed by atoms with Crippen molar-refractivity contribution in [2.24, 2.45) is 0 Å². The Balaban J connectivity index is 1.36. The van der Waals surface area contributed by atoms with Crippen molar-refractivity contribution in [3.05, 3.63) is 71.8 Å². The zero-order valence-electron chi connectivity index (χ0n) is 17.0. The fourth-order valence-electron chi connectivity index (χ4n) is 3.35. The molecule has 0 bridgehead atoms. The smallest absolute Gasteiger partial charge is 0.335 e. The molecule has 1 atom stereocenters. The predicted octanol–water partition coefficient (Wildman–Crippen LogP) is 4.65. The molecule has 0 aromatic heterocycles. The molecule has 1 fully saturated rings. The zero-order chi connectivity index (χ0) is 21.1. The Morgan fingerprint density at radius 3 is 2.40 bits per heavy atom. The van der Waals surface area contributed by atoms with Gasteiger partial charge in [-0.05, 0) is 72.6 Å². The number of fused-ring (bicyclic) bond motifs is 1. The number of carboxylic acids is 1. The zero-order valence-corrected chi connectivity index (χ0v) is 17.0. The second-order valence-corrected chi connectivity index (χ2v) is 7.72. The van der Waals surface area contributed by atoms with Gasteiger partial charge in [0.15, 0.2) is 5.79 Å². The van der Waals surface area contributed by atoms with Crippen LogP contribution in [0.1, 0.15) is 29.8 Å². The number of aromatic carboxylic acids is 1. The van der Waals surface area contributed by atoms with Gasteiger partial charge in [-0.3, -0.25) is 0 Å². The van der Waals surface area contributed by atoms with Crippen molar-refractivity contribution in [3.63, 3.8) is 0 Å². The molecule has 30 heavy (non-hydrogen) atoms. The molecule has 0 spiro atoms. The number of ether oxygens (including phenoxy) is 4. The van der Waals surface area contributed by atoms with E-state index in [1.807, 2.05) is 44.2 Å². The van der Waals surface area contributed by atoms with Crippen molar-refractivity contribution in [1.29, 1.82) is 0 Å². The molecule has 6 heteroatoms. The second-order valence-electron chi connectivity index (χ2n) is 7.72. The van der Waals surface area contributed by atoms with Gasteiger partial charge in [0.1, 0.15) is 30.8 Å². The predicted molar refractivity (Wildman–Crippen MR) is 112 cm³/mol. The molecule has 1 N–H and O–H groups in total. The topological polar surface area (TPSA) is 74.2 Å². The highest BCUT2D eigenvalue weighted by Gasteiger charge is 2.32. The maximum Gasteiger partial charge on any atom is 0.335 e. The van der Waals surface area contributed by atoms with E-state index >= 15 is 0 Å². The summed E-state index contributed by atoms with van der Waals surface area (Å²) in [4.78, 5) is 10.9. The van der Waals surface area contributed by atoms with Crippen LogP contribution >= 0.6 is 0 Å². The van der Waals surface area contributed by atoms with E-state index in [9.17, 15) is 4.79 Å². The third-order valence-corrected chi connectivity index (χ3v) is 4.89. The second kappa shape index (κ2) is 8.34. The molecule has 4 rings (SSSR count). The van der Waals surface area contributed by atoms with E-state index in [-0.39, 0.29) is 11.7 Å². The summed E-state index contributed by atoms with van der Waals surface area (Å²) < 4.78 is 23.0. The summed E-state index contributed by atoms with van der Waals surface area (Å²) in [7, 11) is 0. The summed E-state index contributed by atoms with van der Waals surface area (Å²) in [6, 6.07) is 18.5. The van der Waals surface area contributed by atoms with Crippen LogP contribution in [-0.2, 0) is 16.1 Å². The summed E-state index contributed by atoms with van der Waals surface area (Å²) >= 11 is 0. The molecule has 0 amide bonds. The van der Waals surface area contributed by atoms with E-state index in [1.54, 1.807) is 12.1 Å². The summed E-state index contributed by atoms with van der Waals surface area (Å²) in [6.45, 7) is 5.17. The lowest BCUT2D eigenvalue weighted by atomic mass is 10.1. The van der Waals surface area contributed by atoms with Crippen molar-refractivity contribution in [2.75, 3.05) is 13.2 Å². The normalized spacial score (nSPS) is 17.7. The lowest BCUT2D eigenvalue weighted by molar-refractivity contribution is -0.141. The molecular weight excluding hydrogens is 384 g/mol. The van der Waals surface area contributed by atoms with Crippen LogP contribution in [-0.4, -0.2) is 36.2 Å². The first kappa shape index (κ1) is 20.2. The Bertz CT molecular complexity index is 1040. The molecule has 0 unspecified atom stereocenters. The average molecular weight is 408 g/mol. The molecule has 3 aromatic rings. The molecule has 1 heterocycles. The molecule has 6 nitrogen and oxygen atoms in total. The highest BCUT2D eigenvalue weighted by Crippen LogP contribution is 2.26. The van der Waals surface area contributed by atoms with E-state index in [4.69, 9.17) is 24.1 Å². The lowest BCUT2D eigenvalue weighted by Crippen LogP contribution is -2.25. The van der Waals surface area contributed by atoms with Crippen LogP contribution in [0.5, 0.6) is 11.5 Å². The van der Waals surface area contributed by atoms with E-state index in [1.165, 1.54) is 12.1 Å². The molecule has 1 saturated heterocycles. The number of hydrogen-bond donors (Lipinski definition) is 1. The van der Waals surface area contributed by atoms with Gasteiger partial charge in [0.25, 0.3) is 0 Å². The van der Waals surface area contributed by atoms with Gasteiger partial charge < -0.3 is 24.1 Å². The van der Waals surface area contributed by atoms with E-state index in [0.29, 0.717) is 25.6 Å². The summed E-state index contributed by atoms with van der Waals surface area (Å²) in [5, 5.41) is 11.1. The van der Waals surface area contributed by atoms with E-state index in [2.05, 4.69) is 6.07 Å². The SMILES string of the molecule is CC1(C)OC[C@@H](COc2ccc3cc(COc4ccc(C(=O)O)cc4)ccc3c2)O1. The third kappa shape index (κ3) is 4.90. The lowest BCUT2D eigenvalue weighted by Gasteiger charge is -2.17. The van der Waals surface area contributed by atoms with Gasteiger partial charge in [0.2, 0.25) is 0 Å². The van der Waals surface area contributed by atoms with Gasteiger partial charge >= 0.3 is 5.97 Å². The third-order valence-electron chi connectivity index (χ3n) is 4.89. The first-order valence-corrected chi connectivity index (χ1v) is 9.81. The number of rotatable bonds is 7. The van der Waals surface area contributed by atoms with Gasteiger partial charge in [-0.2, -0.15) is 0 Å². The number of carbonyl (C=O) groups is 1.